The van der Waals surface area contributed by atoms with Crippen molar-refractivity contribution in [3.8, 4) is 0 Å². The Labute approximate surface area is 117 Å². The predicted octanol–water partition coefficient (Wildman–Crippen LogP) is 2.36. The van der Waals surface area contributed by atoms with E-state index >= 15 is 0 Å². The van der Waals surface area contributed by atoms with Crippen LogP contribution in [0.5, 0.6) is 0 Å². The molecule has 0 bridgehead atoms. The molecule has 4 nitrogen and oxygen atoms in total. The van der Waals surface area contributed by atoms with Crippen LogP contribution >= 0.6 is 0 Å². The third kappa shape index (κ3) is 3.96. The van der Waals surface area contributed by atoms with Gasteiger partial charge in [0, 0.05) is 32.0 Å². The summed E-state index contributed by atoms with van der Waals surface area (Å²) in [6, 6.07) is 0. The molecular weight excluding hydrogens is 236 g/mol. The Balaban J connectivity index is 1.89. The third-order valence-corrected chi connectivity index (χ3v) is 3.96. The van der Waals surface area contributed by atoms with Crippen molar-refractivity contribution in [2.24, 2.45) is 11.8 Å². The lowest BCUT2D eigenvalue weighted by molar-refractivity contribution is 0.372. The molecule has 0 radical (unpaired) electrons. The van der Waals surface area contributed by atoms with E-state index in [9.17, 15) is 0 Å². The zero-order chi connectivity index (χ0) is 13.7. The summed E-state index contributed by atoms with van der Waals surface area (Å²) in [5, 5.41) is 3.25. The van der Waals surface area contributed by atoms with E-state index < -0.39 is 0 Å². The first-order valence-electron chi connectivity index (χ1n) is 7.61. The monoisotopic (exact) mass is 264 g/mol. The summed E-state index contributed by atoms with van der Waals surface area (Å²) in [5.41, 5.74) is 0. The molecule has 1 aliphatic heterocycles. The van der Waals surface area contributed by atoms with E-state index in [1.54, 1.807) is 0 Å². The van der Waals surface area contributed by atoms with E-state index in [1.807, 2.05) is 13.2 Å². The Hall–Kier alpha value is -1.03. The summed E-state index contributed by atoms with van der Waals surface area (Å²) in [4.78, 5) is 7.01. The van der Waals surface area contributed by atoms with Crippen molar-refractivity contribution in [2.45, 2.75) is 39.7 Å². The molecule has 2 heterocycles. The van der Waals surface area contributed by atoms with Crippen LogP contribution in [-0.4, -0.2) is 36.2 Å². The zero-order valence-electron chi connectivity index (χ0n) is 12.6. The summed E-state index contributed by atoms with van der Waals surface area (Å²) in [6.45, 7) is 9.04. The number of piperidine rings is 1. The van der Waals surface area contributed by atoms with Crippen LogP contribution in [0.4, 0.5) is 5.95 Å². The minimum Gasteiger partial charge on any atom is -0.342 e. The third-order valence-electron chi connectivity index (χ3n) is 3.96. The SMILES string of the molecule is CNCCC1CCN(c2nccn2CC(C)C)CC1. The smallest absolute Gasteiger partial charge is 0.205 e. The Morgan fingerprint density at radius 1 is 1.37 bits per heavy atom. The number of hydrogen-bond acceptors (Lipinski definition) is 3. The molecule has 0 aromatic carbocycles. The van der Waals surface area contributed by atoms with Gasteiger partial charge in [-0.25, -0.2) is 4.98 Å². The molecule has 0 amide bonds. The molecule has 19 heavy (non-hydrogen) atoms. The van der Waals surface area contributed by atoms with Gasteiger partial charge in [-0.15, -0.1) is 0 Å². The number of aromatic nitrogens is 2. The minimum atomic E-state index is 0.668. The van der Waals surface area contributed by atoms with Gasteiger partial charge < -0.3 is 14.8 Å². The molecule has 1 N–H and O–H groups in total. The van der Waals surface area contributed by atoms with Crippen LogP contribution in [0.2, 0.25) is 0 Å². The van der Waals surface area contributed by atoms with Gasteiger partial charge in [-0.1, -0.05) is 13.8 Å². The molecule has 0 unspecified atom stereocenters. The van der Waals surface area contributed by atoms with Gasteiger partial charge in [0.05, 0.1) is 0 Å². The summed E-state index contributed by atoms with van der Waals surface area (Å²) >= 11 is 0. The number of nitrogens with one attached hydrogen (secondary N) is 1. The molecule has 0 saturated carbocycles. The first kappa shape index (κ1) is 14.4. The highest BCUT2D eigenvalue weighted by Gasteiger charge is 2.21. The molecule has 1 aromatic rings. The van der Waals surface area contributed by atoms with Gasteiger partial charge in [-0.3, -0.25) is 0 Å². The molecule has 108 valence electrons. The Kier molecular flexibility index (Phi) is 5.25. The summed E-state index contributed by atoms with van der Waals surface area (Å²) in [6.07, 6.45) is 7.96. The van der Waals surface area contributed by atoms with Crippen molar-refractivity contribution in [1.82, 2.24) is 14.9 Å². The molecule has 0 spiro atoms. The highest BCUT2D eigenvalue weighted by Crippen LogP contribution is 2.24. The average Bonchev–Trinajstić information content (AvgIpc) is 2.84. The second-order valence-electron chi connectivity index (χ2n) is 6.10. The van der Waals surface area contributed by atoms with Crippen LogP contribution < -0.4 is 10.2 Å². The van der Waals surface area contributed by atoms with E-state index in [0.29, 0.717) is 5.92 Å². The highest BCUT2D eigenvalue weighted by molar-refractivity contribution is 5.31. The van der Waals surface area contributed by atoms with Crippen LogP contribution in [0, 0.1) is 11.8 Å². The van der Waals surface area contributed by atoms with E-state index in [4.69, 9.17) is 0 Å². The maximum atomic E-state index is 4.56. The standard InChI is InChI=1S/C15H28N4/c1-13(2)12-19-11-8-17-15(19)18-9-5-14(6-10-18)4-7-16-3/h8,11,13-14,16H,4-7,9-10,12H2,1-3H3. The average molecular weight is 264 g/mol. The summed E-state index contributed by atoms with van der Waals surface area (Å²) in [5.74, 6) is 2.72. The second-order valence-corrected chi connectivity index (χ2v) is 6.10. The molecule has 4 heteroatoms. The quantitative estimate of drug-likeness (QED) is 0.856. The number of imidazole rings is 1. The van der Waals surface area contributed by atoms with Crippen LogP contribution in [0.3, 0.4) is 0 Å². The second kappa shape index (κ2) is 6.94. The lowest BCUT2D eigenvalue weighted by Crippen LogP contribution is -2.36. The first-order chi connectivity index (χ1) is 9.20. The number of hydrogen-bond donors (Lipinski definition) is 1. The molecule has 2 rings (SSSR count). The first-order valence-corrected chi connectivity index (χ1v) is 7.61. The Morgan fingerprint density at radius 3 is 2.74 bits per heavy atom. The van der Waals surface area contributed by atoms with Gasteiger partial charge >= 0.3 is 0 Å². The predicted molar refractivity (Wildman–Crippen MR) is 80.5 cm³/mol. The molecule has 0 aliphatic carbocycles. The van der Waals surface area contributed by atoms with E-state index in [0.717, 1.165) is 32.1 Å². The van der Waals surface area contributed by atoms with Gasteiger partial charge in [0.1, 0.15) is 0 Å². The molecule has 1 fully saturated rings. The molecular formula is C15H28N4. The zero-order valence-corrected chi connectivity index (χ0v) is 12.6. The van der Waals surface area contributed by atoms with Crippen molar-refractivity contribution in [3.05, 3.63) is 12.4 Å². The largest absolute Gasteiger partial charge is 0.342 e. The van der Waals surface area contributed by atoms with Crippen LogP contribution in [0.1, 0.15) is 33.1 Å². The van der Waals surface area contributed by atoms with Gasteiger partial charge in [0.15, 0.2) is 0 Å². The lowest BCUT2D eigenvalue weighted by Gasteiger charge is -2.33. The van der Waals surface area contributed by atoms with Crippen molar-refractivity contribution in [2.75, 3.05) is 31.6 Å². The summed E-state index contributed by atoms with van der Waals surface area (Å²) in [7, 11) is 2.04. The van der Waals surface area contributed by atoms with Gasteiger partial charge in [0.25, 0.3) is 0 Å². The fourth-order valence-electron chi connectivity index (χ4n) is 2.89. The molecule has 1 saturated heterocycles. The van der Waals surface area contributed by atoms with Gasteiger partial charge in [0.2, 0.25) is 5.95 Å². The van der Waals surface area contributed by atoms with Crippen LogP contribution in [0.25, 0.3) is 0 Å². The van der Waals surface area contributed by atoms with Gasteiger partial charge in [-0.2, -0.15) is 0 Å². The maximum absolute atomic E-state index is 4.56. The minimum absolute atomic E-state index is 0.668. The van der Waals surface area contributed by atoms with Crippen LogP contribution in [0.15, 0.2) is 12.4 Å². The topological polar surface area (TPSA) is 33.1 Å². The van der Waals surface area contributed by atoms with Gasteiger partial charge in [-0.05, 0) is 44.7 Å². The van der Waals surface area contributed by atoms with E-state index in [1.165, 1.54) is 25.2 Å². The van der Waals surface area contributed by atoms with Crippen LogP contribution in [-0.2, 0) is 6.54 Å². The number of anilines is 1. The Morgan fingerprint density at radius 2 is 2.11 bits per heavy atom. The van der Waals surface area contributed by atoms with Crippen molar-refractivity contribution in [1.29, 1.82) is 0 Å². The van der Waals surface area contributed by atoms with E-state index in [2.05, 4.69) is 39.8 Å². The Bertz CT molecular complexity index is 364. The molecule has 0 atom stereocenters. The van der Waals surface area contributed by atoms with E-state index in [-0.39, 0.29) is 0 Å². The fraction of sp³-hybridized carbons (Fsp3) is 0.800. The number of nitrogens with zero attached hydrogens (tertiary/aromatic N) is 3. The van der Waals surface area contributed by atoms with Crippen molar-refractivity contribution >= 4 is 5.95 Å². The van der Waals surface area contributed by atoms with Crippen molar-refractivity contribution in [3.63, 3.8) is 0 Å². The normalized spacial score (nSPS) is 17.4. The molecule has 1 aromatic heterocycles. The number of rotatable bonds is 6. The maximum Gasteiger partial charge on any atom is 0.205 e. The highest BCUT2D eigenvalue weighted by atomic mass is 15.3. The fourth-order valence-corrected chi connectivity index (χ4v) is 2.89. The van der Waals surface area contributed by atoms with Crippen molar-refractivity contribution < 1.29 is 0 Å². The summed E-state index contributed by atoms with van der Waals surface area (Å²) < 4.78 is 2.30. The lowest BCUT2D eigenvalue weighted by atomic mass is 9.94. The molecule has 1 aliphatic rings.